The summed E-state index contributed by atoms with van der Waals surface area (Å²) >= 11 is 0. The lowest BCUT2D eigenvalue weighted by Gasteiger charge is -2.12. The number of nitrogen functional groups attached to an aromatic ring is 1. The van der Waals surface area contributed by atoms with E-state index in [1.54, 1.807) is 18.3 Å². The summed E-state index contributed by atoms with van der Waals surface area (Å²) in [5, 5.41) is 4.34. The van der Waals surface area contributed by atoms with Crippen LogP contribution in [0, 0.1) is 0 Å². The number of hydrogen-bond donors (Lipinski definition) is 2. The second kappa shape index (κ2) is 6.36. The third-order valence-corrected chi connectivity index (χ3v) is 3.65. The average molecular weight is 307 g/mol. The van der Waals surface area contributed by atoms with Crippen LogP contribution in [0.1, 0.15) is 15.9 Å². The maximum atomic E-state index is 11.4. The predicted octanol–water partition coefficient (Wildman–Crippen LogP) is 3.22. The van der Waals surface area contributed by atoms with Crippen LogP contribution in [-0.4, -0.2) is 18.1 Å². The second-order valence-corrected chi connectivity index (χ2v) is 5.15. The number of carbonyl (C=O) groups is 1. The third kappa shape index (κ3) is 3.08. The molecule has 0 atom stereocenters. The van der Waals surface area contributed by atoms with Gasteiger partial charge in [-0.1, -0.05) is 30.3 Å². The topological polar surface area (TPSA) is 77.2 Å². The number of nitrogens with zero attached hydrogens (tertiary/aromatic N) is 1. The van der Waals surface area contributed by atoms with E-state index in [2.05, 4.69) is 10.3 Å². The highest BCUT2D eigenvalue weighted by Crippen LogP contribution is 2.27. The highest BCUT2D eigenvalue weighted by atomic mass is 16.5. The summed E-state index contributed by atoms with van der Waals surface area (Å²) in [7, 11) is 1.37. The average Bonchev–Trinajstić information content (AvgIpc) is 2.60. The minimum Gasteiger partial charge on any atom is -0.465 e. The van der Waals surface area contributed by atoms with Gasteiger partial charge in [-0.2, -0.15) is 0 Å². The van der Waals surface area contributed by atoms with Crippen molar-refractivity contribution in [2.45, 2.75) is 6.54 Å². The maximum absolute atomic E-state index is 11.4. The van der Waals surface area contributed by atoms with Crippen LogP contribution in [0.25, 0.3) is 10.9 Å². The first kappa shape index (κ1) is 14.8. The van der Waals surface area contributed by atoms with Crippen molar-refractivity contribution in [2.75, 3.05) is 18.2 Å². The van der Waals surface area contributed by atoms with Crippen molar-refractivity contribution < 1.29 is 9.53 Å². The molecule has 0 spiro atoms. The fourth-order valence-corrected chi connectivity index (χ4v) is 2.42. The summed E-state index contributed by atoms with van der Waals surface area (Å²) in [4.78, 5) is 15.8. The molecule has 0 bridgehead atoms. The van der Waals surface area contributed by atoms with Gasteiger partial charge in [0.15, 0.2) is 0 Å². The van der Waals surface area contributed by atoms with Crippen LogP contribution in [0.5, 0.6) is 0 Å². The van der Waals surface area contributed by atoms with E-state index in [0.717, 1.165) is 22.2 Å². The van der Waals surface area contributed by atoms with Crippen molar-refractivity contribution in [2.24, 2.45) is 0 Å². The number of fused-ring (bicyclic) bond motifs is 1. The summed E-state index contributed by atoms with van der Waals surface area (Å²) in [5.74, 6) is -0.339. The predicted molar refractivity (Wildman–Crippen MR) is 91.3 cm³/mol. The molecular formula is C18H17N3O2. The zero-order valence-corrected chi connectivity index (χ0v) is 12.7. The number of methoxy groups -OCH3 is 1. The first-order valence-electron chi connectivity index (χ1n) is 7.23. The van der Waals surface area contributed by atoms with Crippen LogP contribution in [0.2, 0.25) is 0 Å². The highest BCUT2D eigenvalue weighted by molar-refractivity contribution is 5.96. The largest absolute Gasteiger partial charge is 0.465 e. The molecule has 0 amide bonds. The third-order valence-electron chi connectivity index (χ3n) is 3.65. The normalized spacial score (nSPS) is 10.5. The lowest BCUT2D eigenvalue weighted by Crippen LogP contribution is -2.05. The van der Waals surface area contributed by atoms with Gasteiger partial charge in [0.1, 0.15) is 0 Å². The van der Waals surface area contributed by atoms with Gasteiger partial charge in [-0.15, -0.1) is 0 Å². The van der Waals surface area contributed by atoms with Crippen molar-refractivity contribution >= 4 is 28.2 Å². The molecule has 0 aliphatic rings. The van der Waals surface area contributed by atoms with Gasteiger partial charge in [-0.25, -0.2) is 4.79 Å². The van der Waals surface area contributed by atoms with Crippen LogP contribution in [0.4, 0.5) is 11.4 Å². The number of anilines is 2. The van der Waals surface area contributed by atoms with Crippen molar-refractivity contribution in [1.29, 1.82) is 0 Å². The van der Waals surface area contributed by atoms with Crippen LogP contribution in [0.3, 0.4) is 0 Å². The molecule has 3 N–H and O–H groups in total. The molecule has 0 unspecified atom stereocenters. The molecule has 3 rings (SSSR count). The van der Waals surface area contributed by atoms with E-state index in [1.807, 2.05) is 36.4 Å². The minimum atomic E-state index is -0.339. The summed E-state index contributed by atoms with van der Waals surface area (Å²) < 4.78 is 4.69. The zero-order valence-electron chi connectivity index (χ0n) is 12.7. The second-order valence-electron chi connectivity index (χ2n) is 5.15. The van der Waals surface area contributed by atoms with E-state index in [1.165, 1.54) is 7.11 Å². The van der Waals surface area contributed by atoms with Crippen molar-refractivity contribution in [3.63, 3.8) is 0 Å². The van der Waals surface area contributed by atoms with Gasteiger partial charge in [0, 0.05) is 11.9 Å². The maximum Gasteiger partial charge on any atom is 0.337 e. The molecule has 2 aromatic carbocycles. The molecule has 0 aliphatic carbocycles. The summed E-state index contributed by atoms with van der Waals surface area (Å²) in [6.45, 7) is 0.597. The lowest BCUT2D eigenvalue weighted by molar-refractivity contribution is 0.0600. The van der Waals surface area contributed by atoms with Gasteiger partial charge in [0.2, 0.25) is 0 Å². The molecule has 0 radical (unpaired) electrons. The van der Waals surface area contributed by atoms with Crippen LogP contribution < -0.4 is 11.1 Å². The highest BCUT2D eigenvalue weighted by Gasteiger charge is 2.07. The molecule has 1 aromatic heterocycles. The monoisotopic (exact) mass is 307 g/mol. The quantitative estimate of drug-likeness (QED) is 0.724. The van der Waals surface area contributed by atoms with Crippen molar-refractivity contribution in [3.8, 4) is 0 Å². The number of carbonyl (C=O) groups excluding carboxylic acids is 1. The van der Waals surface area contributed by atoms with Gasteiger partial charge in [-0.3, -0.25) is 4.98 Å². The van der Waals surface area contributed by atoms with Gasteiger partial charge in [0.25, 0.3) is 0 Å². The molecular weight excluding hydrogens is 290 g/mol. The molecule has 5 heteroatoms. The molecule has 5 nitrogen and oxygen atoms in total. The van der Waals surface area contributed by atoms with Gasteiger partial charge in [0.05, 0.1) is 35.8 Å². The van der Waals surface area contributed by atoms with Crippen LogP contribution >= 0.6 is 0 Å². The van der Waals surface area contributed by atoms with Gasteiger partial charge in [-0.05, 0) is 23.8 Å². The number of nitrogens with one attached hydrogen (secondary N) is 1. The Kier molecular flexibility index (Phi) is 4.10. The molecule has 1 heterocycles. The molecule has 116 valence electrons. The Morgan fingerprint density at radius 2 is 1.91 bits per heavy atom. The number of pyridine rings is 1. The van der Waals surface area contributed by atoms with Crippen molar-refractivity contribution in [1.82, 2.24) is 4.98 Å². The van der Waals surface area contributed by atoms with Gasteiger partial charge < -0.3 is 15.8 Å². The molecule has 0 saturated carbocycles. The van der Waals surface area contributed by atoms with E-state index in [9.17, 15) is 4.79 Å². The van der Waals surface area contributed by atoms with Crippen LogP contribution in [0.15, 0.2) is 54.7 Å². The Morgan fingerprint density at radius 3 is 2.65 bits per heavy atom. The van der Waals surface area contributed by atoms with E-state index >= 15 is 0 Å². The molecule has 23 heavy (non-hydrogen) atoms. The van der Waals surface area contributed by atoms with Gasteiger partial charge >= 0.3 is 5.97 Å². The Labute approximate surface area is 134 Å². The fraction of sp³-hybridized carbons (Fsp3) is 0.111. The Hall–Kier alpha value is -3.08. The molecule has 0 aliphatic heterocycles. The minimum absolute atomic E-state index is 0.339. The van der Waals surface area contributed by atoms with E-state index in [4.69, 9.17) is 10.5 Å². The SMILES string of the molecule is COC(=O)c1ccc(CNc2c(N)cnc3ccccc23)cc1. The van der Waals surface area contributed by atoms with E-state index in [-0.39, 0.29) is 5.97 Å². The summed E-state index contributed by atoms with van der Waals surface area (Å²) in [6.07, 6.45) is 1.66. The molecule has 0 saturated heterocycles. The van der Waals surface area contributed by atoms with Crippen LogP contribution in [-0.2, 0) is 11.3 Å². The van der Waals surface area contributed by atoms with E-state index < -0.39 is 0 Å². The summed E-state index contributed by atoms with van der Waals surface area (Å²) in [5.41, 5.74) is 9.99. The number of esters is 1. The number of ether oxygens (including phenoxy) is 1. The van der Waals surface area contributed by atoms with E-state index in [0.29, 0.717) is 17.8 Å². The smallest absolute Gasteiger partial charge is 0.337 e. The zero-order chi connectivity index (χ0) is 16.2. The lowest BCUT2D eigenvalue weighted by atomic mass is 10.1. The Bertz CT molecular complexity index is 845. The Morgan fingerprint density at radius 1 is 1.17 bits per heavy atom. The number of benzene rings is 2. The fourth-order valence-electron chi connectivity index (χ4n) is 2.42. The first-order valence-corrected chi connectivity index (χ1v) is 7.23. The number of rotatable bonds is 4. The molecule has 3 aromatic rings. The molecule has 0 fully saturated rings. The summed E-state index contributed by atoms with van der Waals surface area (Å²) in [6, 6.07) is 15.1. The number of aromatic nitrogens is 1. The number of para-hydroxylation sites is 1. The standard InChI is InChI=1S/C18H17N3O2/c1-23-18(22)13-8-6-12(7-9-13)10-21-17-14-4-2-3-5-16(14)20-11-15(17)19/h2-9,11H,10,19H2,1H3,(H,20,21). The number of hydrogen-bond acceptors (Lipinski definition) is 5. The number of nitrogens with two attached hydrogens (primary N) is 1. The first-order chi connectivity index (χ1) is 11.2. The Balaban J connectivity index is 1.81. The van der Waals surface area contributed by atoms with Crippen molar-refractivity contribution in [3.05, 3.63) is 65.9 Å².